The molecule has 0 aliphatic heterocycles. The van der Waals surface area contributed by atoms with Gasteiger partial charge >= 0.3 is 0 Å². The standard InChI is InChI=1S/C18H19N3O2S/c22-24(23,14-4-7-15-5-2-1-3-6-15)21-17-10-8-16(9-11-17)18-19-12-13-20-18/h1-3,5-6,8-13,21H,4,7,14H2,(H,19,20). The van der Waals surface area contributed by atoms with Crippen molar-refractivity contribution in [2.75, 3.05) is 10.5 Å². The van der Waals surface area contributed by atoms with Crippen LogP contribution in [0.3, 0.4) is 0 Å². The van der Waals surface area contributed by atoms with E-state index in [0.29, 0.717) is 12.1 Å². The van der Waals surface area contributed by atoms with Gasteiger partial charge in [-0.25, -0.2) is 13.4 Å². The number of nitrogens with one attached hydrogen (secondary N) is 2. The minimum absolute atomic E-state index is 0.0990. The molecular weight excluding hydrogens is 322 g/mol. The molecule has 0 amide bonds. The Kier molecular flexibility index (Phi) is 4.96. The molecule has 0 spiro atoms. The highest BCUT2D eigenvalue weighted by Crippen LogP contribution is 2.18. The Hall–Kier alpha value is -2.60. The molecule has 3 rings (SSSR count). The van der Waals surface area contributed by atoms with Gasteiger partial charge in [-0.15, -0.1) is 0 Å². The summed E-state index contributed by atoms with van der Waals surface area (Å²) in [5.74, 6) is 0.856. The number of benzene rings is 2. The molecule has 0 fully saturated rings. The van der Waals surface area contributed by atoms with Crippen molar-refractivity contribution >= 4 is 15.7 Å². The number of sulfonamides is 1. The minimum Gasteiger partial charge on any atom is -0.345 e. The number of hydrogen-bond acceptors (Lipinski definition) is 3. The van der Waals surface area contributed by atoms with Gasteiger partial charge in [-0.2, -0.15) is 0 Å². The van der Waals surface area contributed by atoms with Crippen LogP contribution in [0.15, 0.2) is 67.0 Å². The molecule has 0 radical (unpaired) electrons. The highest BCUT2D eigenvalue weighted by molar-refractivity contribution is 7.92. The van der Waals surface area contributed by atoms with Crippen molar-refractivity contribution in [1.82, 2.24) is 9.97 Å². The van der Waals surface area contributed by atoms with E-state index >= 15 is 0 Å². The minimum atomic E-state index is -3.34. The zero-order valence-corrected chi connectivity index (χ0v) is 14.0. The van der Waals surface area contributed by atoms with Gasteiger partial charge in [0.15, 0.2) is 0 Å². The van der Waals surface area contributed by atoms with Crippen molar-refractivity contribution in [2.45, 2.75) is 12.8 Å². The molecule has 2 N–H and O–H groups in total. The third kappa shape index (κ3) is 4.45. The molecule has 0 saturated carbocycles. The molecule has 5 nitrogen and oxygen atoms in total. The first-order chi connectivity index (χ1) is 11.6. The number of imidazole rings is 1. The van der Waals surface area contributed by atoms with Crippen molar-refractivity contribution in [2.24, 2.45) is 0 Å². The Labute approximate surface area is 141 Å². The zero-order chi connectivity index (χ0) is 16.8. The largest absolute Gasteiger partial charge is 0.345 e. The van der Waals surface area contributed by atoms with E-state index in [1.807, 2.05) is 42.5 Å². The van der Waals surface area contributed by atoms with E-state index < -0.39 is 10.0 Å². The summed E-state index contributed by atoms with van der Waals surface area (Å²) in [7, 11) is -3.34. The quantitative estimate of drug-likeness (QED) is 0.691. The molecular formula is C18H19N3O2S. The summed E-state index contributed by atoms with van der Waals surface area (Å²) in [6.07, 6.45) is 4.76. The first-order valence-corrected chi connectivity index (χ1v) is 9.42. The van der Waals surface area contributed by atoms with Crippen LogP contribution in [0, 0.1) is 0 Å². The number of aryl methyl sites for hydroxylation is 1. The van der Waals surface area contributed by atoms with Gasteiger partial charge in [0, 0.05) is 23.6 Å². The molecule has 0 bridgehead atoms. The van der Waals surface area contributed by atoms with Crippen LogP contribution in [0.5, 0.6) is 0 Å². The molecule has 24 heavy (non-hydrogen) atoms. The van der Waals surface area contributed by atoms with Crippen LogP contribution in [0.1, 0.15) is 12.0 Å². The lowest BCUT2D eigenvalue weighted by molar-refractivity contribution is 0.598. The Morgan fingerprint density at radius 3 is 2.42 bits per heavy atom. The molecule has 1 heterocycles. The van der Waals surface area contributed by atoms with Crippen LogP contribution in [-0.2, 0) is 16.4 Å². The number of hydrogen-bond donors (Lipinski definition) is 2. The molecule has 3 aromatic rings. The fourth-order valence-corrected chi connectivity index (χ4v) is 3.58. The van der Waals surface area contributed by atoms with Gasteiger partial charge in [0.25, 0.3) is 0 Å². The van der Waals surface area contributed by atoms with Crippen molar-refractivity contribution in [1.29, 1.82) is 0 Å². The summed E-state index contributed by atoms with van der Waals surface area (Å²) in [6, 6.07) is 17.0. The maximum atomic E-state index is 12.2. The molecule has 124 valence electrons. The van der Waals surface area contributed by atoms with Gasteiger partial charge < -0.3 is 4.98 Å². The summed E-state index contributed by atoms with van der Waals surface area (Å²) in [5.41, 5.74) is 2.62. The van der Waals surface area contributed by atoms with E-state index in [9.17, 15) is 8.42 Å². The zero-order valence-electron chi connectivity index (χ0n) is 13.1. The van der Waals surface area contributed by atoms with Crippen molar-refractivity contribution in [3.8, 4) is 11.4 Å². The lowest BCUT2D eigenvalue weighted by atomic mass is 10.1. The molecule has 0 saturated heterocycles. The highest BCUT2D eigenvalue weighted by atomic mass is 32.2. The summed E-state index contributed by atoms with van der Waals surface area (Å²) in [4.78, 5) is 7.18. The fraction of sp³-hybridized carbons (Fsp3) is 0.167. The Bertz CT molecular complexity index is 858. The van der Waals surface area contributed by atoms with Crippen molar-refractivity contribution in [3.05, 3.63) is 72.6 Å². The molecule has 0 atom stereocenters. The van der Waals surface area contributed by atoms with Crippen LogP contribution >= 0.6 is 0 Å². The second-order valence-electron chi connectivity index (χ2n) is 5.53. The fourth-order valence-electron chi connectivity index (χ4n) is 2.46. The van der Waals surface area contributed by atoms with Crippen LogP contribution < -0.4 is 4.72 Å². The average molecular weight is 341 g/mol. The number of aromatic amines is 1. The van der Waals surface area contributed by atoms with Crippen LogP contribution in [0.4, 0.5) is 5.69 Å². The molecule has 1 aromatic heterocycles. The summed E-state index contributed by atoms with van der Waals surface area (Å²) >= 11 is 0. The molecule has 2 aromatic carbocycles. The monoisotopic (exact) mass is 341 g/mol. The van der Waals surface area contributed by atoms with E-state index in [-0.39, 0.29) is 5.75 Å². The lowest BCUT2D eigenvalue weighted by Crippen LogP contribution is -2.17. The second-order valence-corrected chi connectivity index (χ2v) is 7.37. The molecule has 0 aliphatic rings. The van der Waals surface area contributed by atoms with E-state index in [4.69, 9.17) is 0 Å². The average Bonchev–Trinajstić information content (AvgIpc) is 3.10. The summed E-state index contributed by atoms with van der Waals surface area (Å²) < 4.78 is 27.0. The van der Waals surface area contributed by atoms with E-state index in [2.05, 4.69) is 14.7 Å². The summed E-state index contributed by atoms with van der Waals surface area (Å²) in [5, 5.41) is 0. The second kappa shape index (κ2) is 7.31. The Balaban J connectivity index is 1.56. The third-order valence-corrected chi connectivity index (χ3v) is 5.02. The SMILES string of the molecule is O=S(=O)(CCCc1ccccc1)Nc1ccc(-c2ncc[nH]2)cc1. The molecule has 0 unspecified atom stereocenters. The number of rotatable bonds is 7. The number of aromatic nitrogens is 2. The maximum absolute atomic E-state index is 12.2. The third-order valence-electron chi connectivity index (χ3n) is 3.65. The predicted molar refractivity (Wildman–Crippen MR) is 96.2 cm³/mol. The topological polar surface area (TPSA) is 74.8 Å². The number of nitrogens with zero attached hydrogens (tertiary/aromatic N) is 1. The Morgan fingerprint density at radius 2 is 1.75 bits per heavy atom. The van der Waals surface area contributed by atoms with Gasteiger partial charge in [0.05, 0.1) is 5.75 Å². The van der Waals surface area contributed by atoms with Crippen LogP contribution in [0.2, 0.25) is 0 Å². The van der Waals surface area contributed by atoms with Gasteiger partial charge in [-0.05, 0) is 42.7 Å². The number of anilines is 1. The van der Waals surface area contributed by atoms with Crippen molar-refractivity contribution in [3.63, 3.8) is 0 Å². The van der Waals surface area contributed by atoms with E-state index in [1.165, 1.54) is 0 Å². The Morgan fingerprint density at radius 1 is 1.00 bits per heavy atom. The number of H-pyrrole nitrogens is 1. The van der Waals surface area contributed by atoms with E-state index in [1.54, 1.807) is 24.5 Å². The lowest BCUT2D eigenvalue weighted by Gasteiger charge is -2.08. The van der Waals surface area contributed by atoms with E-state index in [0.717, 1.165) is 23.4 Å². The predicted octanol–water partition coefficient (Wildman–Crippen LogP) is 3.45. The normalized spacial score (nSPS) is 11.3. The summed E-state index contributed by atoms with van der Waals surface area (Å²) in [6.45, 7) is 0. The van der Waals surface area contributed by atoms with Crippen LogP contribution in [0.25, 0.3) is 11.4 Å². The van der Waals surface area contributed by atoms with Gasteiger partial charge in [0.1, 0.15) is 5.82 Å². The maximum Gasteiger partial charge on any atom is 0.232 e. The van der Waals surface area contributed by atoms with Gasteiger partial charge in [0.2, 0.25) is 10.0 Å². The molecule has 6 heteroatoms. The molecule has 0 aliphatic carbocycles. The first kappa shape index (κ1) is 16.3. The first-order valence-electron chi connectivity index (χ1n) is 7.77. The van der Waals surface area contributed by atoms with Gasteiger partial charge in [-0.1, -0.05) is 30.3 Å². The van der Waals surface area contributed by atoms with Crippen LogP contribution in [-0.4, -0.2) is 24.1 Å². The van der Waals surface area contributed by atoms with Crippen molar-refractivity contribution < 1.29 is 8.42 Å². The smallest absolute Gasteiger partial charge is 0.232 e. The highest BCUT2D eigenvalue weighted by Gasteiger charge is 2.10. The van der Waals surface area contributed by atoms with Gasteiger partial charge in [-0.3, -0.25) is 4.72 Å².